The summed E-state index contributed by atoms with van der Waals surface area (Å²) in [7, 11) is 0. The molecule has 256 valence electrons. The number of rotatable bonds is 9. The minimum absolute atomic E-state index is 0.0278. The van der Waals surface area contributed by atoms with E-state index in [1.165, 1.54) is 4.90 Å². The molecule has 2 aliphatic heterocycles. The molecule has 2 aliphatic rings. The highest BCUT2D eigenvalue weighted by Gasteiger charge is 2.39. The Bertz CT molecular complexity index is 1080. The van der Waals surface area contributed by atoms with E-state index in [9.17, 15) is 24.0 Å². The fourth-order valence-corrected chi connectivity index (χ4v) is 5.08. The number of hydrogen-bond acceptors (Lipinski definition) is 8. The molecule has 0 aliphatic carbocycles. The van der Waals surface area contributed by atoms with Gasteiger partial charge in [0.15, 0.2) is 0 Å². The van der Waals surface area contributed by atoms with Gasteiger partial charge in [-0.25, -0.2) is 9.59 Å². The summed E-state index contributed by atoms with van der Waals surface area (Å²) in [5, 5.41) is 14.5. The molecule has 3 unspecified atom stereocenters. The van der Waals surface area contributed by atoms with Crippen molar-refractivity contribution >= 4 is 29.9 Å². The molecule has 0 spiro atoms. The lowest BCUT2D eigenvalue weighted by Gasteiger charge is -2.31. The second-order valence-corrected chi connectivity index (χ2v) is 13.9. The van der Waals surface area contributed by atoms with Gasteiger partial charge in [0.25, 0.3) is 0 Å². The number of carbonyl (C=O) groups excluding carboxylic acids is 5. The number of nitrogens with zero attached hydrogens (tertiary/aromatic N) is 3. The van der Waals surface area contributed by atoms with Gasteiger partial charge in [0.1, 0.15) is 35.4 Å². The number of alkyl carbamates (subject to hydrolysis) is 2. The van der Waals surface area contributed by atoms with Crippen LogP contribution < -0.4 is 16.4 Å². The summed E-state index contributed by atoms with van der Waals surface area (Å²) >= 11 is 0. The summed E-state index contributed by atoms with van der Waals surface area (Å²) in [5.74, 6) is -1.07. The molecule has 2 rings (SSSR count). The third-order valence-electron chi connectivity index (χ3n) is 7.85. The van der Waals surface area contributed by atoms with Crippen molar-refractivity contribution in [3.8, 4) is 6.07 Å². The SMILES string of the molecule is CCC(C)[C@H](NC(=O)OC(C)(C)C)C(=O)N1CCCC1C(N)=O.CCC(C)[C@H](NC(=O)OC(C)(C)C)C(=O)N1CCC[C@H]1C#N. The Kier molecular flexibility index (Phi) is 15.1. The summed E-state index contributed by atoms with van der Waals surface area (Å²) in [6, 6.07) is -0.204. The van der Waals surface area contributed by atoms with E-state index in [0.717, 1.165) is 19.3 Å². The minimum Gasteiger partial charge on any atom is -0.444 e. The van der Waals surface area contributed by atoms with E-state index < -0.39 is 47.4 Å². The lowest BCUT2D eigenvalue weighted by atomic mass is 9.97. The van der Waals surface area contributed by atoms with Crippen LogP contribution >= 0.6 is 0 Å². The second-order valence-electron chi connectivity index (χ2n) is 13.9. The number of primary amides is 1. The molecule has 0 saturated carbocycles. The van der Waals surface area contributed by atoms with Crippen molar-refractivity contribution in [1.82, 2.24) is 20.4 Å². The first-order valence-corrected chi connectivity index (χ1v) is 16.0. The topological polar surface area (TPSA) is 184 Å². The number of hydrogen-bond donors (Lipinski definition) is 3. The van der Waals surface area contributed by atoms with Crippen molar-refractivity contribution in [2.45, 2.75) is 143 Å². The van der Waals surface area contributed by atoms with Crippen molar-refractivity contribution in [1.29, 1.82) is 5.26 Å². The molecule has 13 nitrogen and oxygen atoms in total. The quantitative estimate of drug-likeness (QED) is 0.341. The molecule has 13 heteroatoms. The molecule has 0 bridgehead atoms. The van der Waals surface area contributed by atoms with Crippen molar-refractivity contribution in [3.05, 3.63) is 0 Å². The van der Waals surface area contributed by atoms with E-state index in [1.54, 1.807) is 46.4 Å². The largest absolute Gasteiger partial charge is 0.444 e. The van der Waals surface area contributed by atoms with Gasteiger partial charge in [0, 0.05) is 13.1 Å². The molecular weight excluding hydrogens is 580 g/mol. The third-order valence-corrected chi connectivity index (χ3v) is 7.85. The summed E-state index contributed by atoms with van der Waals surface area (Å²) in [4.78, 5) is 64.1. The molecular formula is C32H56N6O7. The van der Waals surface area contributed by atoms with E-state index in [0.29, 0.717) is 32.4 Å². The number of amides is 5. The zero-order chi connectivity index (χ0) is 34.7. The maximum Gasteiger partial charge on any atom is 0.408 e. The molecule has 4 N–H and O–H groups in total. The smallest absolute Gasteiger partial charge is 0.408 e. The standard InChI is InChI=1S/C16H29N3O4.C16H27N3O3/c1-6-10(2)12(18-15(22)23-16(3,4)5)14(21)19-9-7-8-11(19)13(17)20;1-6-11(2)13(18-15(21)22-16(3,4)5)14(20)19-9-7-8-12(19)10-17/h10-12H,6-9H2,1-5H3,(H2,17,20)(H,18,22);11-13H,6-9H2,1-5H3,(H,18,21)/t10?,11?,12-;11?,12-,13-/m00/s1. The molecule has 5 amide bonds. The molecule has 6 atom stereocenters. The monoisotopic (exact) mass is 636 g/mol. The van der Waals surface area contributed by atoms with Gasteiger partial charge in [0.05, 0.1) is 6.07 Å². The zero-order valence-electron chi connectivity index (χ0n) is 28.9. The summed E-state index contributed by atoms with van der Waals surface area (Å²) in [6.07, 6.45) is 3.05. The van der Waals surface area contributed by atoms with Gasteiger partial charge in [-0.15, -0.1) is 0 Å². The Morgan fingerprint density at radius 2 is 1.20 bits per heavy atom. The lowest BCUT2D eigenvalue weighted by Crippen LogP contribution is -2.55. The summed E-state index contributed by atoms with van der Waals surface area (Å²) in [6.45, 7) is 19.4. The van der Waals surface area contributed by atoms with Gasteiger partial charge in [-0.05, 0) is 79.1 Å². The van der Waals surface area contributed by atoms with Gasteiger partial charge in [-0.2, -0.15) is 5.26 Å². The fraction of sp³-hybridized carbons (Fsp3) is 0.812. The Morgan fingerprint density at radius 1 is 0.800 bits per heavy atom. The van der Waals surface area contributed by atoms with Crippen LogP contribution in [0.1, 0.15) is 108 Å². The van der Waals surface area contributed by atoms with Crippen molar-refractivity contribution in [3.63, 3.8) is 0 Å². The minimum atomic E-state index is -0.727. The van der Waals surface area contributed by atoms with Gasteiger partial charge in [-0.1, -0.05) is 40.5 Å². The Morgan fingerprint density at radius 3 is 1.58 bits per heavy atom. The Labute approximate surface area is 268 Å². The third kappa shape index (κ3) is 12.8. The molecule has 0 aromatic carbocycles. The van der Waals surface area contributed by atoms with E-state index in [1.807, 2.05) is 27.7 Å². The van der Waals surface area contributed by atoms with Crippen molar-refractivity contribution in [2.24, 2.45) is 17.6 Å². The molecule has 0 aromatic rings. The van der Waals surface area contributed by atoms with Gasteiger partial charge in [-0.3, -0.25) is 14.4 Å². The maximum absolute atomic E-state index is 12.8. The van der Waals surface area contributed by atoms with E-state index in [-0.39, 0.29) is 29.7 Å². The van der Waals surface area contributed by atoms with Gasteiger partial charge >= 0.3 is 12.2 Å². The predicted octanol–water partition coefficient (Wildman–Crippen LogP) is 3.84. The van der Waals surface area contributed by atoms with E-state index in [4.69, 9.17) is 20.5 Å². The Hall–Kier alpha value is -3.56. The highest BCUT2D eigenvalue weighted by atomic mass is 16.6. The first kappa shape index (κ1) is 39.5. The normalized spacial score (nSPS) is 20.8. The molecule has 45 heavy (non-hydrogen) atoms. The van der Waals surface area contributed by atoms with Crippen LogP contribution in [0.2, 0.25) is 0 Å². The molecule has 0 radical (unpaired) electrons. The first-order chi connectivity index (χ1) is 20.8. The fourth-order valence-electron chi connectivity index (χ4n) is 5.08. The number of ether oxygens (including phenoxy) is 2. The first-order valence-electron chi connectivity index (χ1n) is 16.0. The van der Waals surface area contributed by atoms with Crippen molar-refractivity contribution < 1.29 is 33.4 Å². The second kappa shape index (κ2) is 17.2. The van der Waals surface area contributed by atoms with Crippen LogP contribution in [0.5, 0.6) is 0 Å². The van der Waals surface area contributed by atoms with Crippen molar-refractivity contribution in [2.75, 3.05) is 13.1 Å². The number of likely N-dealkylation sites (tertiary alicyclic amines) is 2. The number of carbonyl (C=O) groups is 5. The predicted molar refractivity (Wildman–Crippen MR) is 170 cm³/mol. The zero-order valence-corrected chi connectivity index (χ0v) is 28.9. The maximum atomic E-state index is 12.8. The van der Waals surface area contributed by atoms with Crippen LogP contribution in [0.25, 0.3) is 0 Å². The highest BCUT2D eigenvalue weighted by molar-refractivity contribution is 5.91. The molecule has 0 aromatic heterocycles. The molecule has 2 saturated heterocycles. The summed E-state index contributed by atoms with van der Waals surface area (Å²) in [5.41, 5.74) is 4.12. The van der Waals surface area contributed by atoms with Gasteiger partial charge < -0.3 is 35.6 Å². The van der Waals surface area contributed by atoms with Crippen LogP contribution in [0, 0.1) is 23.2 Å². The number of nitrogens with two attached hydrogens (primary N) is 1. The van der Waals surface area contributed by atoms with Gasteiger partial charge in [0.2, 0.25) is 17.7 Å². The van der Waals surface area contributed by atoms with E-state index in [2.05, 4.69) is 16.7 Å². The van der Waals surface area contributed by atoms with Crippen LogP contribution in [0.4, 0.5) is 9.59 Å². The number of nitriles is 1. The Balaban J connectivity index is 0.000000450. The summed E-state index contributed by atoms with van der Waals surface area (Å²) < 4.78 is 10.5. The highest BCUT2D eigenvalue weighted by Crippen LogP contribution is 2.22. The lowest BCUT2D eigenvalue weighted by molar-refractivity contribution is -0.140. The van der Waals surface area contributed by atoms with Crippen LogP contribution in [0.15, 0.2) is 0 Å². The van der Waals surface area contributed by atoms with Crippen LogP contribution in [0.3, 0.4) is 0 Å². The average Bonchev–Trinajstić information content (AvgIpc) is 3.61. The van der Waals surface area contributed by atoms with Crippen LogP contribution in [-0.4, -0.2) is 88.2 Å². The molecule has 2 heterocycles. The van der Waals surface area contributed by atoms with Crippen LogP contribution in [-0.2, 0) is 23.9 Å². The molecule has 2 fully saturated rings. The van der Waals surface area contributed by atoms with E-state index >= 15 is 0 Å². The average molecular weight is 637 g/mol. The number of nitrogens with one attached hydrogen (secondary N) is 2.